The topological polar surface area (TPSA) is 110 Å². The number of para-hydroxylation sites is 1. The summed E-state index contributed by atoms with van der Waals surface area (Å²) in [5.41, 5.74) is 4.00. The zero-order valence-corrected chi connectivity index (χ0v) is 11.0. The minimum absolute atomic E-state index is 0.528. The molecule has 0 spiro atoms. The first-order valence-electron chi connectivity index (χ1n) is 5.20. The summed E-state index contributed by atoms with van der Waals surface area (Å²) in [6.45, 7) is 4.54. The molecule has 0 aromatic heterocycles. The molecule has 0 aliphatic rings. The van der Waals surface area contributed by atoms with E-state index in [4.69, 9.17) is 22.6 Å². The van der Waals surface area contributed by atoms with E-state index in [0.29, 0.717) is 0 Å². The van der Waals surface area contributed by atoms with Gasteiger partial charge in [-0.15, -0.1) is 0 Å². The molecule has 0 aliphatic carbocycles. The van der Waals surface area contributed by atoms with Crippen molar-refractivity contribution in [1.29, 1.82) is 0 Å². The third-order valence-corrected chi connectivity index (χ3v) is 1.73. The van der Waals surface area contributed by atoms with Crippen LogP contribution >= 0.6 is 0 Å². The molecule has 0 heterocycles. The van der Waals surface area contributed by atoms with E-state index in [9.17, 15) is 0 Å². The molecule has 18 heavy (non-hydrogen) atoms. The fraction of sp³-hybridized carbons (Fsp3) is 0.400. The van der Waals surface area contributed by atoms with Crippen molar-refractivity contribution in [2.24, 2.45) is 0 Å². The quantitative estimate of drug-likeness (QED) is 0.364. The van der Waals surface area contributed by atoms with Crippen molar-refractivity contribution in [3.8, 4) is 0 Å². The Morgan fingerprint density at radius 2 is 1.72 bits per heavy atom. The fourth-order valence-electron chi connectivity index (χ4n) is 1.18. The van der Waals surface area contributed by atoms with E-state index in [1.165, 1.54) is 0 Å². The summed E-state index contributed by atoms with van der Waals surface area (Å²) in [5, 5.41) is 11.1. The third kappa shape index (κ3) is 10.00. The van der Waals surface area contributed by atoms with E-state index in [-0.39, 0.29) is 0 Å². The first-order chi connectivity index (χ1) is 8.24. The predicted octanol–water partition coefficient (Wildman–Crippen LogP) is 0.703. The number of hydrazine groups is 1. The van der Waals surface area contributed by atoms with Crippen LogP contribution < -0.4 is 10.4 Å². The Kier molecular flexibility index (Phi) is 7.48. The van der Waals surface area contributed by atoms with Crippen LogP contribution in [0.2, 0.25) is 0 Å². The summed E-state index contributed by atoms with van der Waals surface area (Å²) in [6.07, 6.45) is -0.528. The summed E-state index contributed by atoms with van der Waals surface area (Å²) in [7, 11) is -4.67. The lowest BCUT2D eigenvalue weighted by Crippen LogP contribution is -2.43. The first-order valence-corrected chi connectivity index (χ1v) is 6.60. The van der Waals surface area contributed by atoms with E-state index in [2.05, 4.69) is 5.43 Å². The molecule has 104 valence electrons. The average molecular weight is 278 g/mol. The Morgan fingerprint density at radius 1 is 1.28 bits per heavy atom. The van der Waals surface area contributed by atoms with E-state index in [0.717, 1.165) is 12.2 Å². The maximum atomic E-state index is 9.16. The first kappa shape index (κ1) is 16.8. The third-order valence-electron chi connectivity index (χ3n) is 1.73. The van der Waals surface area contributed by atoms with E-state index in [1.54, 1.807) is 6.92 Å². The Labute approximate surface area is 107 Å². The van der Waals surface area contributed by atoms with Crippen LogP contribution in [0, 0.1) is 0 Å². The Bertz CT molecular complexity index is 413. The number of hydrogen-bond acceptors (Lipinski definition) is 5. The maximum Gasteiger partial charge on any atom is 0.394 e. The molecule has 1 rings (SSSR count). The minimum Gasteiger partial charge on any atom is -0.377 e. The molecule has 0 saturated carbocycles. The van der Waals surface area contributed by atoms with Gasteiger partial charge in [-0.05, 0) is 26.0 Å². The smallest absolute Gasteiger partial charge is 0.377 e. The average Bonchev–Trinajstić information content (AvgIpc) is 2.24. The van der Waals surface area contributed by atoms with Crippen LogP contribution in [-0.4, -0.2) is 35.4 Å². The Balaban J connectivity index is 0.000000494. The van der Waals surface area contributed by atoms with E-state index in [1.807, 2.05) is 42.3 Å². The molecule has 7 nitrogen and oxygen atoms in total. The van der Waals surface area contributed by atoms with Crippen LogP contribution in [0.4, 0.5) is 5.69 Å². The van der Waals surface area contributed by atoms with Gasteiger partial charge in [-0.3, -0.25) is 9.11 Å². The molecule has 1 unspecified atom stereocenters. The molecule has 0 aliphatic heterocycles. The van der Waals surface area contributed by atoms with Crippen LogP contribution in [0.3, 0.4) is 0 Å². The molecular formula is C10H18N2O5S. The van der Waals surface area contributed by atoms with Crippen LogP contribution in [0.5, 0.6) is 0 Å². The summed E-state index contributed by atoms with van der Waals surface area (Å²) in [4.78, 5) is 0. The molecular weight excluding hydrogens is 260 g/mol. The number of nitrogens with zero attached hydrogens (tertiary/aromatic N) is 1. The van der Waals surface area contributed by atoms with Crippen LogP contribution in [0.25, 0.3) is 0 Å². The summed E-state index contributed by atoms with van der Waals surface area (Å²) in [5.74, 6) is 0. The van der Waals surface area contributed by atoms with Crippen molar-refractivity contribution in [1.82, 2.24) is 5.43 Å². The second-order valence-electron chi connectivity index (χ2n) is 3.33. The second-order valence-corrected chi connectivity index (χ2v) is 4.23. The second kappa shape index (κ2) is 8.01. The van der Waals surface area contributed by atoms with Crippen LogP contribution in [0.1, 0.15) is 13.8 Å². The Morgan fingerprint density at radius 3 is 2.06 bits per heavy atom. The highest BCUT2D eigenvalue weighted by molar-refractivity contribution is 7.79. The number of benzene rings is 1. The lowest BCUT2D eigenvalue weighted by molar-refractivity contribution is 0.153. The minimum atomic E-state index is -4.67. The Hall–Kier alpha value is -1.19. The lowest BCUT2D eigenvalue weighted by Gasteiger charge is -2.25. The number of anilines is 1. The number of aliphatic hydroxyl groups excluding tert-OH is 1. The van der Waals surface area contributed by atoms with Crippen LogP contribution in [-0.2, 0) is 10.4 Å². The molecule has 4 N–H and O–H groups in total. The molecule has 0 radical (unpaired) electrons. The molecule has 1 atom stereocenters. The number of rotatable bonds is 4. The van der Waals surface area contributed by atoms with Gasteiger partial charge in [0.15, 0.2) is 0 Å². The standard InChI is InChI=1S/C10H16N2O.H2O4S/c1-3-12(11-9(2)13)10-7-5-4-6-8-10;1-5(2,3)4/h4-9,11,13H,3H2,1-2H3;(H2,1,2,3,4). The van der Waals surface area contributed by atoms with E-state index < -0.39 is 16.6 Å². The van der Waals surface area contributed by atoms with Gasteiger partial charge in [0.25, 0.3) is 0 Å². The van der Waals surface area contributed by atoms with Crippen molar-refractivity contribution in [3.63, 3.8) is 0 Å². The molecule has 1 aromatic carbocycles. The number of hydrogen-bond donors (Lipinski definition) is 4. The van der Waals surface area contributed by atoms with Gasteiger partial charge in [-0.25, -0.2) is 5.43 Å². The summed E-state index contributed by atoms with van der Waals surface area (Å²) < 4.78 is 31.6. The zero-order valence-electron chi connectivity index (χ0n) is 10.2. The number of aliphatic hydroxyl groups is 1. The molecule has 0 amide bonds. The van der Waals surface area contributed by atoms with Gasteiger partial charge < -0.3 is 10.1 Å². The van der Waals surface area contributed by atoms with Crippen molar-refractivity contribution < 1.29 is 22.6 Å². The maximum absolute atomic E-state index is 9.16. The van der Waals surface area contributed by atoms with Gasteiger partial charge in [0, 0.05) is 6.54 Å². The normalized spacial score (nSPS) is 12.3. The molecule has 0 bridgehead atoms. The highest BCUT2D eigenvalue weighted by Crippen LogP contribution is 2.10. The van der Waals surface area contributed by atoms with Crippen molar-refractivity contribution in [2.45, 2.75) is 20.1 Å². The molecule has 1 aromatic rings. The molecule has 0 fully saturated rings. The van der Waals surface area contributed by atoms with Gasteiger partial charge in [0.2, 0.25) is 0 Å². The number of nitrogens with one attached hydrogen (secondary N) is 1. The summed E-state index contributed by atoms with van der Waals surface area (Å²) >= 11 is 0. The van der Waals surface area contributed by atoms with Gasteiger partial charge >= 0.3 is 10.4 Å². The highest BCUT2D eigenvalue weighted by atomic mass is 32.3. The largest absolute Gasteiger partial charge is 0.394 e. The van der Waals surface area contributed by atoms with Crippen LogP contribution in [0.15, 0.2) is 30.3 Å². The predicted molar refractivity (Wildman–Crippen MR) is 68.5 cm³/mol. The van der Waals surface area contributed by atoms with Gasteiger partial charge in [0.05, 0.1) is 5.69 Å². The van der Waals surface area contributed by atoms with Gasteiger partial charge in [0.1, 0.15) is 6.23 Å². The van der Waals surface area contributed by atoms with Crippen molar-refractivity contribution >= 4 is 16.1 Å². The summed E-state index contributed by atoms with van der Waals surface area (Å²) in [6, 6.07) is 9.92. The van der Waals surface area contributed by atoms with E-state index >= 15 is 0 Å². The molecule has 0 saturated heterocycles. The fourth-order valence-corrected chi connectivity index (χ4v) is 1.18. The highest BCUT2D eigenvalue weighted by Gasteiger charge is 2.04. The molecule has 8 heteroatoms. The SMILES string of the molecule is CCN(NC(C)O)c1ccccc1.O=S(=O)(O)O. The zero-order chi connectivity index (χ0) is 14.2. The van der Waals surface area contributed by atoms with Crippen molar-refractivity contribution in [3.05, 3.63) is 30.3 Å². The van der Waals surface area contributed by atoms with Crippen molar-refractivity contribution in [2.75, 3.05) is 11.6 Å². The lowest BCUT2D eigenvalue weighted by atomic mass is 10.3. The monoisotopic (exact) mass is 278 g/mol. The van der Waals surface area contributed by atoms with Gasteiger partial charge in [-0.2, -0.15) is 8.42 Å². The van der Waals surface area contributed by atoms with Gasteiger partial charge in [-0.1, -0.05) is 18.2 Å².